The van der Waals surface area contributed by atoms with Crippen LogP contribution in [0.1, 0.15) is 31.0 Å². The van der Waals surface area contributed by atoms with Crippen LogP contribution in [-0.4, -0.2) is 6.61 Å². The van der Waals surface area contributed by atoms with Gasteiger partial charge in [0.05, 0.1) is 6.61 Å². The fraction of sp³-hybridized carbons (Fsp3) is 0.294. The summed E-state index contributed by atoms with van der Waals surface area (Å²) in [5, 5.41) is 3.26. The van der Waals surface area contributed by atoms with Crippen molar-refractivity contribution >= 4 is 5.69 Å². The topological polar surface area (TPSA) is 21.3 Å². The molecule has 0 heterocycles. The van der Waals surface area contributed by atoms with Gasteiger partial charge in [-0.25, -0.2) is 8.78 Å². The SMILES string of the molecule is CCOc1ccc(NC(C)c2cc(F)cc(F)c2)c(C)c1. The first-order valence-electron chi connectivity index (χ1n) is 6.95. The first kappa shape index (κ1) is 15.3. The van der Waals surface area contributed by atoms with Crippen molar-refractivity contribution in [3.8, 4) is 5.75 Å². The van der Waals surface area contributed by atoms with Gasteiger partial charge in [0.25, 0.3) is 0 Å². The van der Waals surface area contributed by atoms with Crippen molar-refractivity contribution in [2.75, 3.05) is 11.9 Å². The van der Waals surface area contributed by atoms with E-state index in [9.17, 15) is 8.78 Å². The van der Waals surface area contributed by atoms with Crippen molar-refractivity contribution in [2.45, 2.75) is 26.8 Å². The minimum atomic E-state index is -0.568. The van der Waals surface area contributed by atoms with Crippen molar-refractivity contribution in [1.29, 1.82) is 0 Å². The van der Waals surface area contributed by atoms with Crippen LogP contribution < -0.4 is 10.1 Å². The summed E-state index contributed by atoms with van der Waals surface area (Å²) < 4.78 is 32.0. The molecule has 0 amide bonds. The third kappa shape index (κ3) is 3.94. The third-order valence-electron chi connectivity index (χ3n) is 3.27. The maximum Gasteiger partial charge on any atom is 0.126 e. The number of rotatable bonds is 5. The Bertz CT molecular complexity index is 608. The molecule has 0 aromatic heterocycles. The van der Waals surface area contributed by atoms with Gasteiger partial charge in [-0.3, -0.25) is 0 Å². The van der Waals surface area contributed by atoms with E-state index in [1.54, 1.807) is 0 Å². The number of hydrogen-bond donors (Lipinski definition) is 1. The van der Waals surface area contributed by atoms with Gasteiger partial charge in [-0.15, -0.1) is 0 Å². The number of ether oxygens (including phenoxy) is 1. The molecule has 112 valence electrons. The summed E-state index contributed by atoms with van der Waals surface area (Å²) in [6.07, 6.45) is 0. The fourth-order valence-electron chi connectivity index (χ4n) is 2.20. The molecule has 0 aliphatic heterocycles. The number of aryl methyl sites for hydroxylation is 1. The maximum absolute atomic E-state index is 13.3. The van der Waals surface area contributed by atoms with Crippen molar-refractivity contribution < 1.29 is 13.5 Å². The second-order valence-corrected chi connectivity index (χ2v) is 4.98. The number of hydrogen-bond acceptors (Lipinski definition) is 2. The Morgan fingerprint density at radius 1 is 1.10 bits per heavy atom. The summed E-state index contributed by atoms with van der Waals surface area (Å²) >= 11 is 0. The van der Waals surface area contributed by atoms with E-state index in [0.29, 0.717) is 12.2 Å². The Balaban J connectivity index is 2.17. The molecule has 0 saturated carbocycles. The van der Waals surface area contributed by atoms with Crippen LogP contribution in [0.25, 0.3) is 0 Å². The molecule has 2 rings (SSSR count). The summed E-state index contributed by atoms with van der Waals surface area (Å²) in [6, 6.07) is 9.06. The molecule has 0 spiro atoms. The smallest absolute Gasteiger partial charge is 0.126 e. The molecule has 4 heteroatoms. The van der Waals surface area contributed by atoms with Gasteiger partial charge in [0, 0.05) is 17.8 Å². The Hall–Kier alpha value is -2.10. The van der Waals surface area contributed by atoms with E-state index < -0.39 is 11.6 Å². The first-order chi connectivity index (χ1) is 9.99. The van der Waals surface area contributed by atoms with Crippen molar-refractivity contribution in [2.24, 2.45) is 0 Å². The van der Waals surface area contributed by atoms with E-state index in [1.807, 2.05) is 39.0 Å². The molecule has 2 aromatic rings. The number of nitrogens with one attached hydrogen (secondary N) is 1. The van der Waals surface area contributed by atoms with E-state index in [0.717, 1.165) is 23.1 Å². The fourth-order valence-corrected chi connectivity index (χ4v) is 2.20. The molecule has 21 heavy (non-hydrogen) atoms. The lowest BCUT2D eigenvalue weighted by molar-refractivity contribution is 0.340. The van der Waals surface area contributed by atoms with Crippen LogP contribution in [0.15, 0.2) is 36.4 Å². The Kier molecular flexibility index (Phi) is 4.78. The van der Waals surface area contributed by atoms with Gasteiger partial charge in [-0.2, -0.15) is 0 Å². The first-order valence-corrected chi connectivity index (χ1v) is 6.95. The predicted octanol–water partition coefficient (Wildman–Crippen LogP) is 4.85. The summed E-state index contributed by atoms with van der Waals surface area (Å²) in [5.74, 6) is -0.325. The zero-order chi connectivity index (χ0) is 15.4. The molecule has 0 bridgehead atoms. The van der Waals surface area contributed by atoms with E-state index in [4.69, 9.17) is 4.74 Å². The minimum absolute atomic E-state index is 0.202. The Morgan fingerprint density at radius 2 is 1.76 bits per heavy atom. The molecule has 0 fully saturated rings. The summed E-state index contributed by atoms with van der Waals surface area (Å²) in [4.78, 5) is 0. The largest absolute Gasteiger partial charge is 0.494 e. The quantitative estimate of drug-likeness (QED) is 0.850. The van der Waals surface area contributed by atoms with Gasteiger partial charge in [-0.1, -0.05) is 0 Å². The van der Waals surface area contributed by atoms with E-state index in [-0.39, 0.29) is 6.04 Å². The van der Waals surface area contributed by atoms with Gasteiger partial charge in [0.15, 0.2) is 0 Å². The lowest BCUT2D eigenvalue weighted by Gasteiger charge is -2.18. The van der Waals surface area contributed by atoms with Gasteiger partial charge in [0.1, 0.15) is 17.4 Å². The predicted molar refractivity (Wildman–Crippen MR) is 80.7 cm³/mol. The van der Waals surface area contributed by atoms with Gasteiger partial charge >= 0.3 is 0 Å². The van der Waals surface area contributed by atoms with E-state index in [2.05, 4.69) is 5.32 Å². The van der Waals surface area contributed by atoms with Crippen LogP contribution in [0.5, 0.6) is 5.75 Å². The molecule has 0 radical (unpaired) electrons. The Labute approximate surface area is 123 Å². The molecular weight excluding hydrogens is 272 g/mol. The van der Waals surface area contributed by atoms with Crippen molar-refractivity contribution in [1.82, 2.24) is 0 Å². The lowest BCUT2D eigenvalue weighted by Crippen LogP contribution is -2.08. The average Bonchev–Trinajstić information content (AvgIpc) is 2.41. The monoisotopic (exact) mass is 291 g/mol. The van der Waals surface area contributed by atoms with Crippen molar-refractivity contribution in [3.05, 3.63) is 59.2 Å². The standard InChI is InChI=1S/C17H19F2NO/c1-4-21-16-5-6-17(11(2)7-16)20-12(3)13-8-14(18)10-15(19)9-13/h5-10,12,20H,4H2,1-3H3. The zero-order valence-corrected chi connectivity index (χ0v) is 12.4. The van der Waals surface area contributed by atoms with E-state index >= 15 is 0 Å². The number of halogens is 2. The molecule has 1 N–H and O–H groups in total. The van der Waals surface area contributed by atoms with Gasteiger partial charge in [-0.05, 0) is 62.2 Å². The van der Waals surface area contributed by atoms with Gasteiger partial charge < -0.3 is 10.1 Å². The molecule has 2 aromatic carbocycles. The minimum Gasteiger partial charge on any atom is -0.494 e. The molecule has 0 saturated heterocycles. The van der Waals surface area contributed by atoms with Crippen LogP contribution in [0.4, 0.5) is 14.5 Å². The summed E-state index contributed by atoms with van der Waals surface area (Å²) in [6.45, 7) is 6.38. The maximum atomic E-state index is 13.3. The zero-order valence-electron chi connectivity index (χ0n) is 12.4. The molecule has 1 atom stereocenters. The molecule has 2 nitrogen and oxygen atoms in total. The van der Waals surface area contributed by atoms with Crippen molar-refractivity contribution in [3.63, 3.8) is 0 Å². The number of benzene rings is 2. The molecule has 1 unspecified atom stereocenters. The second-order valence-electron chi connectivity index (χ2n) is 4.98. The second kappa shape index (κ2) is 6.57. The normalized spacial score (nSPS) is 12.0. The highest BCUT2D eigenvalue weighted by atomic mass is 19.1. The van der Waals surface area contributed by atoms with E-state index in [1.165, 1.54) is 12.1 Å². The molecule has 0 aliphatic carbocycles. The number of anilines is 1. The highest BCUT2D eigenvalue weighted by Crippen LogP contribution is 2.26. The summed E-state index contributed by atoms with van der Waals surface area (Å²) in [7, 11) is 0. The highest BCUT2D eigenvalue weighted by Gasteiger charge is 2.10. The van der Waals surface area contributed by atoms with Crippen LogP contribution in [0, 0.1) is 18.6 Å². The van der Waals surface area contributed by atoms with Crippen LogP contribution in [0.3, 0.4) is 0 Å². The third-order valence-corrected chi connectivity index (χ3v) is 3.27. The Morgan fingerprint density at radius 3 is 2.33 bits per heavy atom. The van der Waals surface area contributed by atoms with Crippen LogP contribution in [-0.2, 0) is 0 Å². The molecule has 0 aliphatic rings. The lowest BCUT2D eigenvalue weighted by atomic mass is 10.1. The van der Waals surface area contributed by atoms with Crippen LogP contribution >= 0.6 is 0 Å². The summed E-state index contributed by atoms with van der Waals surface area (Å²) in [5.41, 5.74) is 2.50. The highest BCUT2D eigenvalue weighted by molar-refractivity contribution is 5.54. The molecular formula is C17H19F2NO. The van der Waals surface area contributed by atoms with Gasteiger partial charge in [0.2, 0.25) is 0 Å². The van der Waals surface area contributed by atoms with Crippen LogP contribution in [0.2, 0.25) is 0 Å². The average molecular weight is 291 g/mol.